The molecule has 1 nitrogen and oxygen atoms in total. The van der Waals surface area contributed by atoms with Gasteiger partial charge in [0, 0.05) is 11.8 Å². The van der Waals surface area contributed by atoms with Gasteiger partial charge in [0.15, 0.2) is 0 Å². The molecule has 8 heavy (non-hydrogen) atoms. The molecule has 1 heteroatoms. The van der Waals surface area contributed by atoms with Crippen molar-refractivity contribution in [1.82, 2.24) is 0 Å². The zero-order valence-electron chi connectivity index (χ0n) is 4.85. The van der Waals surface area contributed by atoms with E-state index < -0.39 is 0 Å². The molecule has 1 aliphatic rings. The van der Waals surface area contributed by atoms with E-state index in [4.69, 9.17) is 0 Å². The molecule has 0 aromatic rings. The average molecular weight is 108 g/mol. The maximum absolute atomic E-state index is 9.98. The molecular weight excluding hydrogens is 100 g/mol. The molecule has 0 N–H and O–H groups in total. The van der Waals surface area contributed by atoms with E-state index in [0.717, 1.165) is 12.7 Å². The van der Waals surface area contributed by atoms with Crippen molar-refractivity contribution in [3.05, 3.63) is 0 Å². The van der Waals surface area contributed by atoms with Crippen LogP contribution in [0.4, 0.5) is 0 Å². The summed E-state index contributed by atoms with van der Waals surface area (Å²) < 4.78 is 0. The Morgan fingerprint density at radius 3 is 2.88 bits per heavy atom. The molecule has 1 rings (SSSR count). The van der Waals surface area contributed by atoms with Crippen molar-refractivity contribution in [1.29, 1.82) is 0 Å². The molecule has 0 aromatic heterocycles. The third kappa shape index (κ3) is 0.894. The van der Waals surface area contributed by atoms with Gasteiger partial charge in [0.1, 0.15) is 6.29 Å². The largest absolute Gasteiger partial charge is 0.303 e. The topological polar surface area (TPSA) is 17.1 Å². The molecule has 0 amide bonds. The maximum atomic E-state index is 9.98. The standard InChI is InChI=1S/C7H8O/c1-2-3-6-4-7(6)5-8/h5-7H,4H2,1H3. The third-order valence-corrected chi connectivity index (χ3v) is 1.34. The van der Waals surface area contributed by atoms with Gasteiger partial charge in [-0.3, -0.25) is 0 Å². The van der Waals surface area contributed by atoms with Gasteiger partial charge in [-0.2, -0.15) is 0 Å². The van der Waals surface area contributed by atoms with E-state index in [1.54, 1.807) is 6.92 Å². The van der Waals surface area contributed by atoms with Gasteiger partial charge in [-0.15, -0.1) is 5.92 Å². The molecule has 0 radical (unpaired) electrons. The Bertz CT molecular complexity index is 150. The lowest BCUT2D eigenvalue weighted by molar-refractivity contribution is -0.108. The fourth-order valence-electron chi connectivity index (χ4n) is 0.716. The molecule has 1 fully saturated rings. The summed E-state index contributed by atoms with van der Waals surface area (Å²) in [7, 11) is 0. The first-order chi connectivity index (χ1) is 3.88. The second-order valence-corrected chi connectivity index (χ2v) is 2.04. The SMILES string of the molecule is CC#CC1CC1C=O. The van der Waals surface area contributed by atoms with Gasteiger partial charge in [0.05, 0.1) is 0 Å². The first-order valence-electron chi connectivity index (χ1n) is 2.76. The Kier molecular flexibility index (Phi) is 1.34. The summed E-state index contributed by atoms with van der Waals surface area (Å²) in [6.45, 7) is 1.81. The van der Waals surface area contributed by atoms with Crippen molar-refractivity contribution in [3.63, 3.8) is 0 Å². The van der Waals surface area contributed by atoms with Crippen molar-refractivity contribution < 1.29 is 4.79 Å². The van der Waals surface area contributed by atoms with Crippen LogP contribution in [0.25, 0.3) is 0 Å². The molecule has 1 saturated carbocycles. The minimum Gasteiger partial charge on any atom is -0.303 e. The molecule has 42 valence electrons. The zero-order valence-corrected chi connectivity index (χ0v) is 4.85. The minimum atomic E-state index is 0.266. The Morgan fingerprint density at radius 2 is 2.50 bits per heavy atom. The van der Waals surface area contributed by atoms with Crippen molar-refractivity contribution in [3.8, 4) is 11.8 Å². The summed E-state index contributed by atoms with van der Waals surface area (Å²) in [5.74, 6) is 6.39. The molecule has 2 unspecified atom stereocenters. The van der Waals surface area contributed by atoms with Crippen LogP contribution in [-0.2, 0) is 4.79 Å². The van der Waals surface area contributed by atoms with Gasteiger partial charge in [0.25, 0.3) is 0 Å². The minimum absolute atomic E-state index is 0.266. The van der Waals surface area contributed by atoms with Crippen LogP contribution in [0.15, 0.2) is 0 Å². The van der Waals surface area contributed by atoms with E-state index in [0.29, 0.717) is 5.92 Å². The molecule has 0 saturated heterocycles. The van der Waals surface area contributed by atoms with Gasteiger partial charge in [-0.25, -0.2) is 0 Å². The number of carbonyl (C=O) groups excluding carboxylic acids is 1. The Balaban J connectivity index is 2.33. The second-order valence-electron chi connectivity index (χ2n) is 2.04. The molecular formula is C7H8O. The Labute approximate surface area is 49.1 Å². The monoisotopic (exact) mass is 108 g/mol. The lowest BCUT2D eigenvalue weighted by atomic mass is 10.3. The highest BCUT2D eigenvalue weighted by atomic mass is 16.1. The third-order valence-electron chi connectivity index (χ3n) is 1.34. The number of rotatable bonds is 1. The summed E-state index contributed by atoms with van der Waals surface area (Å²) in [5, 5.41) is 0. The van der Waals surface area contributed by atoms with E-state index in [2.05, 4.69) is 11.8 Å². The van der Waals surface area contributed by atoms with Crippen molar-refractivity contribution >= 4 is 6.29 Å². The lowest BCUT2D eigenvalue weighted by Crippen LogP contribution is -1.77. The predicted molar refractivity (Wildman–Crippen MR) is 31.1 cm³/mol. The smallest absolute Gasteiger partial charge is 0.124 e. The highest BCUT2D eigenvalue weighted by Gasteiger charge is 2.34. The number of hydrogen-bond acceptors (Lipinski definition) is 1. The van der Waals surface area contributed by atoms with Gasteiger partial charge in [-0.05, 0) is 13.3 Å². The first kappa shape index (κ1) is 5.37. The number of aldehydes is 1. The Morgan fingerprint density at radius 1 is 1.75 bits per heavy atom. The number of hydrogen-bond donors (Lipinski definition) is 0. The van der Waals surface area contributed by atoms with Crippen molar-refractivity contribution in [2.75, 3.05) is 0 Å². The van der Waals surface area contributed by atoms with E-state index in [1.165, 1.54) is 0 Å². The molecule has 0 spiro atoms. The van der Waals surface area contributed by atoms with Crippen LogP contribution in [0.2, 0.25) is 0 Å². The summed E-state index contributed by atoms with van der Waals surface area (Å²) in [6, 6.07) is 0. The molecule has 0 aromatic carbocycles. The van der Waals surface area contributed by atoms with Crippen LogP contribution in [0.1, 0.15) is 13.3 Å². The highest BCUT2D eigenvalue weighted by molar-refractivity contribution is 5.59. The van der Waals surface area contributed by atoms with Crippen LogP contribution in [0, 0.1) is 23.7 Å². The normalized spacial score (nSPS) is 32.6. The van der Waals surface area contributed by atoms with Gasteiger partial charge in [-0.1, -0.05) is 5.92 Å². The molecule has 1 aliphatic carbocycles. The van der Waals surface area contributed by atoms with Crippen molar-refractivity contribution in [2.45, 2.75) is 13.3 Å². The quantitative estimate of drug-likeness (QED) is 0.359. The van der Waals surface area contributed by atoms with Crippen LogP contribution in [0.5, 0.6) is 0 Å². The highest BCUT2D eigenvalue weighted by Crippen LogP contribution is 2.35. The molecule has 0 aliphatic heterocycles. The maximum Gasteiger partial charge on any atom is 0.124 e. The summed E-state index contributed by atoms with van der Waals surface area (Å²) in [6.07, 6.45) is 1.99. The Hall–Kier alpha value is -0.770. The van der Waals surface area contributed by atoms with E-state index >= 15 is 0 Å². The van der Waals surface area contributed by atoms with E-state index in [1.807, 2.05) is 0 Å². The fourth-order valence-corrected chi connectivity index (χ4v) is 0.716. The predicted octanol–water partition coefficient (Wildman–Crippen LogP) is 0.845. The summed E-state index contributed by atoms with van der Waals surface area (Å²) >= 11 is 0. The van der Waals surface area contributed by atoms with E-state index in [9.17, 15) is 4.79 Å². The molecule has 0 bridgehead atoms. The fraction of sp³-hybridized carbons (Fsp3) is 0.571. The average Bonchev–Trinajstić information content (AvgIpc) is 2.48. The van der Waals surface area contributed by atoms with Crippen LogP contribution >= 0.6 is 0 Å². The second kappa shape index (κ2) is 2.00. The van der Waals surface area contributed by atoms with Crippen LogP contribution in [0.3, 0.4) is 0 Å². The zero-order chi connectivity index (χ0) is 5.98. The van der Waals surface area contributed by atoms with E-state index in [-0.39, 0.29) is 5.92 Å². The lowest BCUT2D eigenvalue weighted by Gasteiger charge is -1.70. The van der Waals surface area contributed by atoms with Crippen LogP contribution in [-0.4, -0.2) is 6.29 Å². The van der Waals surface area contributed by atoms with Gasteiger partial charge in [0.2, 0.25) is 0 Å². The number of carbonyl (C=O) groups is 1. The summed E-state index contributed by atoms with van der Waals surface area (Å²) in [5.41, 5.74) is 0. The van der Waals surface area contributed by atoms with Gasteiger partial charge < -0.3 is 4.79 Å². The molecule has 0 heterocycles. The van der Waals surface area contributed by atoms with Gasteiger partial charge >= 0.3 is 0 Å². The first-order valence-corrected chi connectivity index (χ1v) is 2.76. The summed E-state index contributed by atoms with van der Waals surface area (Å²) in [4.78, 5) is 9.98. The van der Waals surface area contributed by atoms with Crippen molar-refractivity contribution in [2.24, 2.45) is 11.8 Å². The van der Waals surface area contributed by atoms with Crippen LogP contribution < -0.4 is 0 Å². The molecule has 2 atom stereocenters.